The fourth-order valence-corrected chi connectivity index (χ4v) is 2.39. The molecule has 0 bridgehead atoms. The fourth-order valence-electron chi connectivity index (χ4n) is 1.65. The average molecular weight is 236 g/mol. The number of imidazole rings is 1. The SMILES string of the molecule is COCCCCn1ccnc1-c1cccs1. The maximum Gasteiger partial charge on any atom is 0.149 e. The zero-order valence-electron chi connectivity index (χ0n) is 9.43. The Morgan fingerprint density at radius 3 is 3.12 bits per heavy atom. The van der Waals surface area contributed by atoms with E-state index in [2.05, 4.69) is 27.1 Å². The third-order valence-corrected chi connectivity index (χ3v) is 3.32. The Labute approximate surface area is 99.7 Å². The van der Waals surface area contributed by atoms with Crippen molar-refractivity contribution in [1.29, 1.82) is 0 Å². The second kappa shape index (κ2) is 5.82. The van der Waals surface area contributed by atoms with E-state index in [1.807, 2.05) is 12.4 Å². The van der Waals surface area contributed by atoms with Crippen LogP contribution in [0.2, 0.25) is 0 Å². The fraction of sp³-hybridized carbons (Fsp3) is 0.417. The summed E-state index contributed by atoms with van der Waals surface area (Å²) in [4.78, 5) is 5.63. The van der Waals surface area contributed by atoms with Gasteiger partial charge in [-0.3, -0.25) is 0 Å². The first kappa shape index (κ1) is 11.4. The number of thiophene rings is 1. The minimum atomic E-state index is 0.836. The van der Waals surface area contributed by atoms with Crippen molar-refractivity contribution < 1.29 is 4.74 Å². The summed E-state index contributed by atoms with van der Waals surface area (Å²) in [5.41, 5.74) is 0. The summed E-state index contributed by atoms with van der Waals surface area (Å²) in [7, 11) is 1.74. The van der Waals surface area contributed by atoms with Gasteiger partial charge in [0.25, 0.3) is 0 Å². The van der Waals surface area contributed by atoms with Crippen molar-refractivity contribution in [3.8, 4) is 10.7 Å². The zero-order chi connectivity index (χ0) is 11.2. The number of nitrogens with zero attached hydrogens (tertiary/aromatic N) is 2. The number of methoxy groups -OCH3 is 1. The number of hydrogen-bond acceptors (Lipinski definition) is 3. The molecule has 0 unspecified atom stereocenters. The van der Waals surface area contributed by atoms with Gasteiger partial charge in [0.15, 0.2) is 0 Å². The van der Waals surface area contributed by atoms with Gasteiger partial charge in [-0.25, -0.2) is 4.98 Å². The molecular weight excluding hydrogens is 220 g/mol. The lowest BCUT2D eigenvalue weighted by Gasteiger charge is -2.05. The summed E-state index contributed by atoms with van der Waals surface area (Å²) in [6.45, 7) is 1.85. The highest BCUT2D eigenvalue weighted by molar-refractivity contribution is 7.13. The molecule has 3 nitrogen and oxygen atoms in total. The minimum Gasteiger partial charge on any atom is -0.385 e. The van der Waals surface area contributed by atoms with Crippen LogP contribution in [-0.2, 0) is 11.3 Å². The molecule has 0 fully saturated rings. The standard InChI is InChI=1S/C12H16N2OS/c1-15-9-3-2-7-14-8-6-13-12(14)11-5-4-10-16-11/h4-6,8,10H,2-3,7,9H2,1H3. The molecule has 0 spiro atoms. The molecule has 0 radical (unpaired) electrons. The lowest BCUT2D eigenvalue weighted by atomic mass is 10.3. The van der Waals surface area contributed by atoms with Crippen molar-refractivity contribution in [2.45, 2.75) is 19.4 Å². The lowest BCUT2D eigenvalue weighted by Crippen LogP contribution is -2.00. The highest BCUT2D eigenvalue weighted by atomic mass is 32.1. The predicted molar refractivity (Wildman–Crippen MR) is 66.7 cm³/mol. The second-order valence-corrected chi connectivity index (χ2v) is 4.57. The summed E-state index contributed by atoms with van der Waals surface area (Å²) in [6, 6.07) is 4.17. The van der Waals surface area contributed by atoms with E-state index in [1.165, 1.54) is 4.88 Å². The van der Waals surface area contributed by atoms with Crippen molar-refractivity contribution in [3.05, 3.63) is 29.9 Å². The van der Waals surface area contributed by atoms with Crippen LogP contribution in [0.3, 0.4) is 0 Å². The second-order valence-electron chi connectivity index (χ2n) is 3.62. The van der Waals surface area contributed by atoms with Gasteiger partial charge in [0.1, 0.15) is 5.82 Å². The van der Waals surface area contributed by atoms with E-state index in [0.29, 0.717) is 0 Å². The van der Waals surface area contributed by atoms with Crippen molar-refractivity contribution in [2.24, 2.45) is 0 Å². The highest BCUT2D eigenvalue weighted by Gasteiger charge is 2.05. The molecule has 0 N–H and O–H groups in total. The molecule has 0 saturated carbocycles. The van der Waals surface area contributed by atoms with Gasteiger partial charge in [0, 0.05) is 32.7 Å². The summed E-state index contributed by atoms with van der Waals surface area (Å²) in [5, 5.41) is 2.08. The Kier molecular flexibility index (Phi) is 4.13. The van der Waals surface area contributed by atoms with Crippen LogP contribution in [0.25, 0.3) is 10.7 Å². The maximum atomic E-state index is 5.04. The van der Waals surface area contributed by atoms with Crippen LogP contribution in [0.5, 0.6) is 0 Å². The first-order valence-corrected chi connectivity index (χ1v) is 6.33. The number of rotatable bonds is 6. The average Bonchev–Trinajstić information content (AvgIpc) is 2.94. The van der Waals surface area contributed by atoms with E-state index in [9.17, 15) is 0 Å². The highest BCUT2D eigenvalue weighted by Crippen LogP contribution is 2.22. The third-order valence-electron chi connectivity index (χ3n) is 2.45. The molecule has 0 amide bonds. The molecular formula is C12H16N2OS. The molecule has 86 valence electrons. The van der Waals surface area contributed by atoms with Crippen LogP contribution in [0.4, 0.5) is 0 Å². The predicted octanol–water partition coefficient (Wildman–Crippen LogP) is 3.04. The molecule has 2 aromatic heterocycles. The number of aryl methyl sites for hydroxylation is 1. The first-order chi connectivity index (χ1) is 7.92. The van der Waals surface area contributed by atoms with E-state index in [0.717, 1.165) is 31.8 Å². The van der Waals surface area contributed by atoms with Gasteiger partial charge in [-0.15, -0.1) is 11.3 Å². The molecule has 16 heavy (non-hydrogen) atoms. The molecule has 2 aromatic rings. The minimum absolute atomic E-state index is 0.836. The largest absolute Gasteiger partial charge is 0.385 e. The molecule has 0 aliphatic heterocycles. The van der Waals surface area contributed by atoms with E-state index >= 15 is 0 Å². The zero-order valence-corrected chi connectivity index (χ0v) is 10.2. The Hall–Kier alpha value is -1.13. The third kappa shape index (κ3) is 2.71. The van der Waals surface area contributed by atoms with Crippen LogP contribution in [0.15, 0.2) is 29.9 Å². The summed E-state index contributed by atoms with van der Waals surface area (Å²) >= 11 is 1.73. The van der Waals surface area contributed by atoms with Gasteiger partial charge < -0.3 is 9.30 Å². The smallest absolute Gasteiger partial charge is 0.149 e. The van der Waals surface area contributed by atoms with Crippen LogP contribution in [-0.4, -0.2) is 23.3 Å². The molecule has 4 heteroatoms. The Balaban J connectivity index is 1.97. The Morgan fingerprint density at radius 2 is 2.38 bits per heavy atom. The number of aromatic nitrogens is 2. The normalized spacial score (nSPS) is 10.8. The Bertz CT molecular complexity index is 408. The van der Waals surface area contributed by atoms with E-state index in [-0.39, 0.29) is 0 Å². The summed E-state index contributed by atoms with van der Waals surface area (Å²) in [6.07, 6.45) is 6.13. The number of ether oxygens (including phenoxy) is 1. The van der Waals surface area contributed by atoms with Gasteiger partial charge in [-0.1, -0.05) is 6.07 Å². The van der Waals surface area contributed by atoms with Crippen molar-refractivity contribution in [2.75, 3.05) is 13.7 Å². The molecule has 0 atom stereocenters. The Morgan fingerprint density at radius 1 is 1.44 bits per heavy atom. The molecule has 0 aromatic carbocycles. The molecule has 2 heterocycles. The van der Waals surface area contributed by atoms with E-state index in [1.54, 1.807) is 18.4 Å². The van der Waals surface area contributed by atoms with Crippen molar-refractivity contribution in [1.82, 2.24) is 9.55 Å². The van der Waals surface area contributed by atoms with Gasteiger partial charge in [0.2, 0.25) is 0 Å². The molecule has 0 aliphatic carbocycles. The van der Waals surface area contributed by atoms with Crippen LogP contribution < -0.4 is 0 Å². The summed E-state index contributed by atoms with van der Waals surface area (Å²) < 4.78 is 7.25. The number of hydrogen-bond donors (Lipinski definition) is 0. The van der Waals surface area contributed by atoms with Crippen LogP contribution >= 0.6 is 11.3 Å². The molecule has 0 saturated heterocycles. The van der Waals surface area contributed by atoms with Crippen LogP contribution in [0.1, 0.15) is 12.8 Å². The van der Waals surface area contributed by atoms with Crippen molar-refractivity contribution >= 4 is 11.3 Å². The summed E-state index contributed by atoms with van der Waals surface area (Å²) in [5.74, 6) is 1.08. The molecule has 2 rings (SSSR count). The first-order valence-electron chi connectivity index (χ1n) is 5.46. The van der Waals surface area contributed by atoms with E-state index < -0.39 is 0 Å². The quantitative estimate of drug-likeness (QED) is 0.721. The van der Waals surface area contributed by atoms with Gasteiger partial charge >= 0.3 is 0 Å². The lowest BCUT2D eigenvalue weighted by molar-refractivity contribution is 0.191. The van der Waals surface area contributed by atoms with E-state index in [4.69, 9.17) is 4.74 Å². The van der Waals surface area contributed by atoms with Gasteiger partial charge in [0.05, 0.1) is 4.88 Å². The van der Waals surface area contributed by atoms with Crippen LogP contribution in [0, 0.1) is 0 Å². The topological polar surface area (TPSA) is 27.1 Å². The van der Waals surface area contributed by atoms with Gasteiger partial charge in [-0.2, -0.15) is 0 Å². The number of unbranched alkanes of at least 4 members (excludes halogenated alkanes) is 1. The monoisotopic (exact) mass is 236 g/mol. The van der Waals surface area contributed by atoms with Gasteiger partial charge in [-0.05, 0) is 24.3 Å². The molecule has 0 aliphatic rings. The maximum absolute atomic E-state index is 5.04. The van der Waals surface area contributed by atoms with Crippen molar-refractivity contribution in [3.63, 3.8) is 0 Å².